The van der Waals surface area contributed by atoms with Crippen molar-refractivity contribution in [3.05, 3.63) is 230 Å². The summed E-state index contributed by atoms with van der Waals surface area (Å²) in [5, 5.41) is 12.9. The summed E-state index contributed by atoms with van der Waals surface area (Å²) in [6, 6.07) is 82.0. The Balaban J connectivity index is 0.997. The smallest absolute Gasteiger partial charge is 0.0468 e. The van der Waals surface area contributed by atoms with Gasteiger partial charge in [-0.05, 0) is 162 Å². The second kappa shape index (κ2) is 16.1. The number of para-hydroxylation sites is 2. The number of rotatable bonds is 6. The van der Waals surface area contributed by atoms with E-state index in [1.54, 1.807) is 0 Å². The molecule has 0 saturated carbocycles. The highest BCUT2D eigenvalue weighted by Gasteiger charge is 2.59. The van der Waals surface area contributed by atoms with Gasteiger partial charge in [0.1, 0.15) is 0 Å². The van der Waals surface area contributed by atoms with Gasteiger partial charge in [0.25, 0.3) is 0 Å². The number of nitrogens with zero attached hydrogens (tertiary/aromatic N) is 2. The van der Waals surface area contributed by atoms with E-state index < -0.39 is 5.41 Å². The van der Waals surface area contributed by atoms with Crippen LogP contribution in [0.5, 0.6) is 0 Å². The molecule has 0 radical (unpaired) electrons. The first-order valence-electron chi connectivity index (χ1n) is 25.6. The van der Waals surface area contributed by atoms with E-state index >= 15 is 0 Å². The van der Waals surface area contributed by atoms with E-state index in [0.29, 0.717) is 0 Å². The molecule has 0 amide bonds. The van der Waals surface area contributed by atoms with Crippen LogP contribution in [0.3, 0.4) is 0 Å². The maximum Gasteiger partial charge on any atom is 0.0468 e. The number of thiophene rings is 2. The topological polar surface area (TPSA) is 6.48 Å². The number of benzene rings is 11. The van der Waals surface area contributed by atoms with Crippen molar-refractivity contribution >= 4 is 129 Å². The van der Waals surface area contributed by atoms with Gasteiger partial charge in [0.05, 0.1) is 0 Å². The molecule has 0 aliphatic heterocycles. The van der Waals surface area contributed by atoms with E-state index in [9.17, 15) is 0 Å². The van der Waals surface area contributed by atoms with Gasteiger partial charge in [-0.2, -0.15) is 0 Å². The lowest BCUT2D eigenvalue weighted by atomic mass is 9.49. The van der Waals surface area contributed by atoms with Gasteiger partial charge >= 0.3 is 0 Å². The molecule has 73 heavy (non-hydrogen) atoms. The maximum atomic E-state index is 2.49. The second-order valence-corrected chi connectivity index (χ2v) is 24.2. The summed E-state index contributed by atoms with van der Waals surface area (Å²) in [4.78, 5) is 4.89. The standard InChI is InChI=1S/C69H54N2S2/c1-67(2,3)69(68(4,5)6)65-50-35-30-46(70(44-19-9-7-10-20-44)48-32-37-62-58(41-48)52-24-15-17-27-60(52)72-62)39-43(50)29-34-56(65)64-54-26-14-13-23-51(54)57-40-47(31-36-55(57)66(64)69)71(45-21-11-8-12-22-45)49-33-38-63-59(42-49)53-25-16-18-28-61(53)73-63/h7-42H,1-6H3. The molecular formula is C69H54N2S2. The van der Waals surface area contributed by atoms with Crippen molar-refractivity contribution in [1.29, 1.82) is 0 Å². The number of hydrogen-bond donors (Lipinski definition) is 0. The van der Waals surface area contributed by atoms with Gasteiger partial charge in [-0.3, -0.25) is 0 Å². The van der Waals surface area contributed by atoms with Crippen molar-refractivity contribution in [2.75, 3.05) is 9.80 Å². The van der Waals surface area contributed by atoms with Gasteiger partial charge in [0, 0.05) is 79.9 Å². The molecule has 13 aromatic rings. The zero-order valence-corrected chi connectivity index (χ0v) is 43.6. The fourth-order valence-electron chi connectivity index (χ4n) is 13.6. The average molecular weight is 975 g/mol. The van der Waals surface area contributed by atoms with Gasteiger partial charge < -0.3 is 9.80 Å². The van der Waals surface area contributed by atoms with E-state index in [1.165, 1.54) is 94.9 Å². The minimum atomic E-state index is -0.399. The zero-order valence-electron chi connectivity index (χ0n) is 42.0. The Hall–Kier alpha value is -7.76. The number of hydrogen-bond acceptors (Lipinski definition) is 4. The van der Waals surface area contributed by atoms with Crippen LogP contribution < -0.4 is 9.80 Å². The molecule has 2 heterocycles. The van der Waals surface area contributed by atoms with E-state index in [0.717, 1.165) is 34.1 Å². The van der Waals surface area contributed by atoms with Crippen molar-refractivity contribution in [3.63, 3.8) is 0 Å². The summed E-state index contributed by atoms with van der Waals surface area (Å²) < 4.78 is 5.25. The van der Waals surface area contributed by atoms with Crippen LogP contribution in [-0.4, -0.2) is 0 Å². The minimum absolute atomic E-state index is 0.199. The molecule has 0 atom stereocenters. The van der Waals surface area contributed by atoms with Crippen molar-refractivity contribution < 1.29 is 0 Å². The lowest BCUT2D eigenvalue weighted by Crippen LogP contribution is -2.50. The summed E-state index contributed by atoms with van der Waals surface area (Å²) in [5.74, 6) is 0. The lowest BCUT2D eigenvalue weighted by molar-refractivity contribution is 0.0977. The van der Waals surface area contributed by atoms with Crippen molar-refractivity contribution in [1.82, 2.24) is 0 Å². The maximum absolute atomic E-state index is 2.49. The van der Waals surface area contributed by atoms with Crippen LogP contribution in [0.1, 0.15) is 52.7 Å². The van der Waals surface area contributed by atoms with Gasteiger partial charge in [-0.25, -0.2) is 0 Å². The molecule has 1 aliphatic rings. The fraction of sp³-hybridized carbons (Fsp3) is 0.130. The first kappa shape index (κ1) is 44.0. The van der Waals surface area contributed by atoms with Crippen LogP contribution in [-0.2, 0) is 5.41 Å². The van der Waals surface area contributed by atoms with E-state index in [2.05, 4.69) is 270 Å². The van der Waals surface area contributed by atoms with Crippen LogP contribution >= 0.6 is 22.7 Å². The van der Waals surface area contributed by atoms with E-state index in [-0.39, 0.29) is 10.8 Å². The van der Waals surface area contributed by atoms with Gasteiger partial charge in [-0.1, -0.05) is 163 Å². The van der Waals surface area contributed by atoms with Gasteiger partial charge in [0.2, 0.25) is 0 Å². The fourth-order valence-corrected chi connectivity index (χ4v) is 15.7. The van der Waals surface area contributed by atoms with Crippen molar-refractivity contribution in [2.24, 2.45) is 10.8 Å². The van der Waals surface area contributed by atoms with Crippen LogP contribution in [0.15, 0.2) is 218 Å². The summed E-state index contributed by atoms with van der Waals surface area (Å²) in [5.41, 5.74) is 11.7. The Labute approximate surface area is 435 Å². The molecule has 0 fully saturated rings. The molecule has 0 bridgehead atoms. The normalized spacial score (nSPS) is 13.5. The second-order valence-electron chi connectivity index (χ2n) is 22.1. The predicted molar refractivity (Wildman–Crippen MR) is 319 cm³/mol. The Bertz CT molecular complexity index is 4340. The number of fused-ring (bicyclic) bond motifs is 16. The minimum Gasteiger partial charge on any atom is -0.310 e. The van der Waals surface area contributed by atoms with Crippen LogP contribution in [0.25, 0.3) is 83.8 Å². The first-order valence-corrected chi connectivity index (χ1v) is 27.2. The zero-order chi connectivity index (χ0) is 49.4. The molecule has 0 saturated heterocycles. The summed E-state index contributed by atoms with van der Waals surface area (Å²) in [6.07, 6.45) is 0. The molecule has 11 aromatic carbocycles. The molecular weight excluding hydrogens is 921 g/mol. The summed E-state index contributed by atoms with van der Waals surface area (Å²) >= 11 is 3.73. The molecule has 0 spiro atoms. The first-order chi connectivity index (χ1) is 35.5. The Morgan fingerprint density at radius 1 is 0.301 bits per heavy atom. The van der Waals surface area contributed by atoms with Gasteiger partial charge in [-0.15, -0.1) is 22.7 Å². The largest absolute Gasteiger partial charge is 0.310 e. The molecule has 0 N–H and O–H groups in total. The van der Waals surface area contributed by atoms with Gasteiger partial charge in [0.15, 0.2) is 0 Å². The molecule has 2 aromatic heterocycles. The molecule has 352 valence electrons. The van der Waals surface area contributed by atoms with Crippen LogP contribution in [0.4, 0.5) is 34.1 Å². The molecule has 4 heteroatoms. The van der Waals surface area contributed by atoms with Crippen LogP contribution in [0, 0.1) is 10.8 Å². The molecule has 1 aliphatic carbocycles. The highest BCUT2D eigenvalue weighted by atomic mass is 32.1. The predicted octanol–water partition coefficient (Wildman–Crippen LogP) is 21.2. The Kier molecular flexibility index (Phi) is 9.71. The highest BCUT2D eigenvalue weighted by Crippen LogP contribution is 2.68. The van der Waals surface area contributed by atoms with E-state index in [4.69, 9.17) is 0 Å². The highest BCUT2D eigenvalue weighted by molar-refractivity contribution is 7.26. The monoisotopic (exact) mass is 974 g/mol. The average Bonchev–Trinajstić information content (AvgIpc) is 4.08. The lowest BCUT2D eigenvalue weighted by Gasteiger charge is -2.54. The molecule has 14 rings (SSSR count). The molecule has 0 unspecified atom stereocenters. The summed E-state index contributed by atoms with van der Waals surface area (Å²) in [7, 11) is 0. The van der Waals surface area contributed by atoms with Crippen molar-refractivity contribution in [2.45, 2.75) is 47.0 Å². The Morgan fingerprint density at radius 2 is 0.726 bits per heavy atom. The third-order valence-corrected chi connectivity index (χ3v) is 18.4. The van der Waals surface area contributed by atoms with Crippen molar-refractivity contribution in [3.8, 4) is 11.1 Å². The third-order valence-electron chi connectivity index (χ3n) is 16.1. The SMILES string of the molecule is CC(C)(C)C1(C(C)(C)C)c2c(ccc3cc(N(c4ccccc4)c4ccc5sc6ccccc6c5c4)ccc23)-c2c1c1ccc(N(c3ccccc3)c3ccc4sc5ccccc5c4c3)cc1c1ccccc21. The van der Waals surface area contributed by atoms with Crippen LogP contribution in [0.2, 0.25) is 0 Å². The number of anilines is 6. The van der Waals surface area contributed by atoms with E-state index in [1.807, 2.05) is 22.7 Å². The quantitative estimate of drug-likeness (QED) is 0.153. The Morgan fingerprint density at radius 3 is 1.26 bits per heavy atom. The molecule has 2 nitrogen and oxygen atoms in total. The third kappa shape index (κ3) is 6.46. The summed E-state index contributed by atoms with van der Waals surface area (Å²) in [6.45, 7) is 14.9.